The van der Waals surface area contributed by atoms with Crippen molar-refractivity contribution in [3.63, 3.8) is 0 Å². The third kappa shape index (κ3) is 4.46. The molecule has 0 radical (unpaired) electrons. The van der Waals surface area contributed by atoms with Crippen molar-refractivity contribution in [2.75, 3.05) is 39.8 Å². The van der Waals surface area contributed by atoms with Gasteiger partial charge in [0.25, 0.3) is 5.91 Å². The van der Waals surface area contributed by atoms with Crippen molar-refractivity contribution in [3.8, 4) is 11.5 Å². The van der Waals surface area contributed by atoms with Gasteiger partial charge < -0.3 is 29.4 Å². The molecule has 4 aromatic rings. The number of aromatic nitrogens is 1. The minimum absolute atomic E-state index is 0.151. The van der Waals surface area contributed by atoms with Crippen LogP contribution < -0.4 is 14.8 Å². The van der Waals surface area contributed by atoms with E-state index in [-0.39, 0.29) is 11.8 Å². The number of ether oxygens (including phenoxy) is 3. The molecule has 0 spiro atoms. The molecular weight excluding hydrogens is 506 g/mol. The van der Waals surface area contributed by atoms with Crippen molar-refractivity contribution in [2.24, 2.45) is 0 Å². The molecule has 1 aliphatic heterocycles. The minimum atomic E-state index is -0.731. The first kappa shape index (κ1) is 25.6. The molecule has 2 amide bonds. The number of hydrogen-bond acceptors (Lipinski definition) is 5. The second-order valence-corrected chi connectivity index (χ2v) is 9.37. The Morgan fingerprint density at radius 2 is 1.74 bits per heavy atom. The molecular formula is C29H28ClN3O5. The van der Waals surface area contributed by atoms with E-state index in [9.17, 15) is 9.59 Å². The topological polar surface area (TPSA) is 92.9 Å². The van der Waals surface area contributed by atoms with Crippen molar-refractivity contribution >= 4 is 40.0 Å². The molecule has 3 aromatic carbocycles. The summed E-state index contributed by atoms with van der Waals surface area (Å²) < 4.78 is 16.2. The number of aromatic amines is 1. The molecule has 0 fully saturated rings. The summed E-state index contributed by atoms with van der Waals surface area (Å²) in [5.74, 6) is -0.355. The van der Waals surface area contributed by atoms with Crippen molar-refractivity contribution in [1.29, 1.82) is 0 Å². The number of methoxy groups -OCH3 is 3. The van der Waals surface area contributed by atoms with Gasteiger partial charge in [-0.15, -0.1) is 0 Å². The number of para-hydroxylation sites is 1. The van der Waals surface area contributed by atoms with Gasteiger partial charge >= 0.3 is 0 Å². The van der Waals surface area contributed by atoms with E-state index in [0.717, 1.165) is 16.5 Å². The standard InChI is InChI=1S/C29H28ClN3O5/c1-36-13-12-33-27(20-16-31-22-11-7-6-8-17(20)22)26(18-9-4-5-10-19(18)29(33)35)28(34)32-23-14-21(30)24(37-2)15-25(23)38-3/h4-11,14-16,26-27,31H,12-13H2,1-3H3,(H,32,34). The van der Waals surface area contributed by atoms with Gasteiger partial charge in [0.2, 0.25) is 5.91 Å². The summed E-state index contributed by atoms with van der Waals surface area (Å²) >= 11 is 6.38. The number of carbonyl (C=O) groups is 2. The first-order valence-corrected chi connectivity index (χ1v) is 12.5. The highest BCUT2D eigenvalue weighted by molar-refractivity contribution is 6.32. The van der Waals surface area contributed by atoms with Gasteiger partial charge in [-0.25, -0.2) is 0 Å². The molecule has 2 atom stereocenters. The quantitative estimate of drug-likeness (QED) is 0.316. The van der Waals surface area contributed by atoms with E-state index in [2.05, 4.69) is 10.3 Å². The van der Waals surface area contributed by atoms with E-state index in [1.54, 1.807) is 36.3 Å². The fraction of sp³-hybridized carbons (Fsp3) is 0.241. The van der Waals surface area contributed by atoms with Crippen LogP contribution in [0.15, 0.2) is 66.9 Å². The lowest BCUT2D eigenvalue weighted by Crippen LogP contribution is -2.47. The van der Waals surface area contributed by atoms with Crippen LogP contribution in [0.4, 0.5) is 5.69 Å². The number of benzene rings is 3. The van der Waals surface area contributed by atoms with Crippen LogP contribution in [-0.4, -0.2) is 56.2 Å². The number of nitrogens with one attached hydrogen (secondary N) is 2. The van der Waals surface area contributed by atoms with Gasteiger partial charge in [-0.2, -0.15) is 0 Å². The fourth-order valence-corrected chi connectivity index (χ4v) is 5.40. The van der Waals surface area contributed by atoms with Crippen LogP contribution in [0.5, 0.6) is 11.5 Å². The zero-order chi connectivity index (χ0) is 26.8. The number of fused-ring (bicyclic) bond motifs is 2. The Morgan fingerprint density at radius 1 is 1.00 bits per heavy atom. The Hall–Kier alpha value is -4.01. The maximum Gasteiger partial charge on any atom is 0.254 e. The summed E-state index contributed by atoms with van der Waals surface area (Å²) in [7, 11) is 4.61. The van der Waals surface area contributed by atoms with E-state index >= 15 is 0 Å². The van der Waals surface area contributed by atoms with Gasteiger partial charge in [0, 0.05) is 47.9 Å². The summed E-state index contributed by atoms with van der Waals surface area (Å²) in [6.45, 7) is 0.637. The largest absolute Gasteiger partial charge is 0.495 e. The number of rotatable bonds is 8. The second kappa shape index (κ2) is 10.8. The molecule has 5 rings (SSSR count). The van der Waals surface area contributed by atoms with E-state index in [1.807, 2.05) is 42.6 Å². The summed E-state index contributed by atoms with van der Waals surface area (Å²) in [5, 5.41) is 4.28. The van der Waals surface area contributed by atoms with Gasteiger partial charge in [-0.05, 0) is 23.8 Å². The Kier molecular flexibility index (Phi) is 7.26. The van der Waals surface area contributed by atoms with Crippen LogP contribution in [0.2, 0.25) is 5.02 Å². The highest BCUT2D eigenvalue weighted by atomic mass is 35.5. The predicted octanol–water partition coefficient (Wildman–Crippen LogP) is 5.40. The molecule has 1 aromatic heterocycles. The van der Waals surface area contributed by atoms with Gasteiger partial charge in [-0.3, -0.25) is 9.59 Å². The molecule has 9 heteroatoms. The smallest absolute Gasteiger partial charge is 0.254 e. The number of carbonyl (C=O) groups excluding carboxylic acids is 2. The Morgan fingerprint density at radius 3 is 2.50 bits per heavy atom. The molecule has 38 heavy (non-hydrogen) atoms. The number of H-pyrrole nitrogens is 1. The maximum atomic E-state index is 14.2. The molecule has 0 saturated heterocycles. The van der Waals surface area contributed by atoms with Crippen LogP contribution in [0.25, 0.3) is 10.9 Å². The van der Waals surface area contributed by atoms with E-state index < -0.39 is 12.0 Å². The number of hydrogen-bond donors (Lipinski definition) is 2. The first-order chi connectivity index (χ1) is 18.5. The van der Waals surface area contributed by atoms with Gasteiger partial charge in [0.05, 0.1) is 43.5 Å². The highest BCUT2D eigenvalue weighted by Crippen LogP contribution is 2.46. The predicted molar refractivity (Wildman–Crippen MR) is 146 cm³/mol. The van der Waals surface area contributed by atoms with Crippen LogP contribution >= 0.6 is 11.6 Å². The van der Waals surface area contributed by atoms with Gasteiger partial charge in [0.15, 0.2) is 0 Å². The van der Waals surface area contributed by atoms with Gasteiger partial charge in [-0.1, -0.05) is 48.0 Å². The molecule has 0 aliphatic carbocycles. The van der Waals surface area contributed by atoms with Crippen LogP contribution in [0, 0.1) is 0 Å². The van der Waals surface area contributed by atoms with E-state index in [1.165, 1.54) is 14.2 Å². The van der Waals surface area contributed by atoms with Crippen molar-refractivity contribution in [3.05, 3.63) is 88.6 Å². The monoisotopic (exact) mass is 533 g/mol. The Bertz CT molecular complexity index is 1500. The normalized spacial score (nSPS) is 16.8. The van der Waals surface area contributed by atoms with Crippen molar-refractivity contribution in [2.45, 2.75) is 12.0 Å². The molecule has 196 valence electrons. The minimum Gasteiger partial charge on any atom is -0.495 e. The average molecular weight is 534 g/mol. The summed E-state index contributed by atoms with van der Waals surface area (Å²) in [4.78, 5) is 33.0. The molecule has 0 saturated carbocycles. The Labute approximate surface area is 225 Å². The lowest BCUT2D eigenvalue weighted by molar-refractivity contribution is -0.119. The molecule has 0 bridgehead atoms. The number of amides is 2. The van der Waals surface area contributed by atoms with Gasteiger partial charge in [0.1, 0.15) is 11.5 Å². The lowest BCUT2D eigenvalue weighted by atomic mass is 9.79. The summed E-state index contributed by atoms with van der Waals surface area (Å²) in [5.41, 5.74) is 3.30. The van der Waals surface area contributed by atoms with Crippen molar-refractivity contribution < 1.29 is 23.8 Å². The third-order valence-corrected chi connectivity index (χ3v) is 7.22. The number of nitrogens with zero attached hydrogens (tertiary/aromatic N) is 1. The number of halogens is 1. The number of anilines is 1. The highest BCUT2D eigenvalue weighted by Gasteiger charge is 2.45. The zero-order valence-corrected chi connectivity index (χ0v) is 22.0. The summed E-state index contributed by atoms with van der Waals surface area (Å²) in [6, 6.07) is 17.7. The van der Waals surface area contributed by atoms with Crippen LogP contribution in [0.3, 0.4) is 0 Å². The SMILES string of the molecule is COCCN1C(=O)c2ccccc2C(C(=O)Nc2cc(Cl)c(OC)cc2OC)C1c1c[nH]c2ccccc12. The molecule has 2 N–H and O–H groups in total. The fourth-order valence-electron chi connectivity index (χ4n) is 5.16. The zero-order valence-electron chi connectivity index (χ0n) is 21.3. The van der Waals surface area contributed by atoms with E-state index in [4.69, 9.17) is 25.8 Å². The van der Waals surface area contributed by atoms with E-state index in [0.29, 0.717) is 46.5 Å². The average Bonchev–Trinajstić information content (AvgIpc) is 3.36. The molecule has 1 aliphatic rings. The van der Waals surface area contributed by atoms with Crippen LogP contribution in [0.1, 0.15) is 33.4 Å². The Balaban J connectivity index is 1.66. The molecule has 2 heterocycles. The molecule has 8 nitrogen and oxygen atoms in total. The lowest BCUT2D eigenvalue weighted by Gasteiger charge is -2.41. The third-order valence-electron chi connectivity index (χ3n) is 6.93. The van der Waals surface area contributed by atoms with Crippen LogP contribution in [-0.2, 0) is 9.53 Å². The van der Waals surface area contributed by atoms with Crippen molar-refractivity contribution in [1.82, 2.24) is 9.88 Å². The summed E-state index contributed by atoms with van der Waals surface area (Å²) in [6.07, 6.45) is 1.88. The first-order valence-electron chi connectivity index (χ1n) is 12.2. The second-order valence-electron chi connectivity index (χ2n) is 8.97. The maximum absolute atomic E-state index is 14.2. The molecule has 2 unspecified atom stereocenters.